The van der Waals surface area contributed by atoms with Crippen molar-refractivity contribution in [2.24, 2.45) is 0 Å². The summed E-state index contributed by atoms with van der Waals surface area (Å²) in [6, 6.07) is 11.6. The van der Waals surface area contributed by atoms with E-state index in [1.54, 1.807) is 6.07 Å². The van der Waals surface area contributed by atoms with Gasteiger partial charge in [-0.25, -0.2) is 0 Å². The predicted molar refractivity (Wildman–Crippen MR) is 88.2 cm³/mol. The van der Waals surface area contributed by atoms with Crippen molar-refractivity contribution in [3.63, 3.8) is 0 Å². The highest BCUT2D eigenvalue weighted by molar-refractivity contribution is 6.42. The summed E-state index contributed by atoms with van der Waals surface area (Å²) in [5.74, 6) is 0. The van der Waals surface area contributed by atoms with Crippen molar-refractivity contribution in [2.75, 3.05) is 6.54 Å². The molecule has 2 aromatic rings. The monoisotopic (exact) mass is 327 g/mol. The largest absolute Gasteiger partial charge is 0.306 e. The Morgan fingerprint density at radius 2 is 1.80 bits per heavy atom. The van der Waals surface area contributed by atoms with Gasteiger partial charge >= 0.3 is 0 Å². The van der Waals surface area contributed by atoms with Crippen LogP contribution in [0.5, 0.6) is 0 Å². The summed E-state index contributed by atoms with van der Waals surface area (Å²) in [5, 5.41) is 5.35. The molecule has 0 aliphatic heterocycles. The zero-order valence-corrected chi connectivity index (χ0v) is 13.7. The van der Waals surface area contributed by atoms with Crippen molar-refractivity contribution in [1.29, 1.82) is 0 Å². The van der Waals surface area contributed by atoms with Crippen molar-refractivity contribution >= 4 is 34.8 Å². The maximum absolute atomic E-state index is 6.36. The second-order valence-corrected chi connectivity index (χ2v) is 5.86. The second kappa shape index (κ2) is 6.82. The van der Waals surface area contributed by atoms with Crippen molar-refractivity contribution in [3.05, 3.63) is 68.2 Å². The van der Waals surface area contributed by atoms with E-state index in [-0.39, 0.29) is 6.04 Å². The average Bonchev–Trinajstić information content (AvgIpc) is 2.40. The number of hydrogen-bond donors (Lipinski definition) is 1. The second-order valence-electron chi connectivity index (χ2n) is 4.63. The van der Waals surface area contributed by atoms with E-state index >= 15 is 0 Å². The molecule has 0 fully saturated rings. The minimum absolute atomic E-state index is 0.00321. The van der Waals surface area contributed by atoms with Gasteiger partial charge in [0.05, 0.1) is 16.1 Å². The van der Waals surface area contributed by atoms with Gasteiger partial charge in [-0.2, -0.15) is 0 Å². The maximum atomic E-state index is 6.36. The number of nitrogens with one attached hydrogen (secondary N) is 1. The van der Waals surface area contributed by atoms with Crippen LogP contribution in [-0.2, 0) is 0 Å². The van der Waals surface area contributed by atoms with Crippen LogP contribution in [0.2, 0.25) is 15.1 Å². The summed E-state index contributed by atoms with van der Waals surface area (Å²) < 4.78 is 0. The molecule has 0 bridgehead atoms. The Labute approximate surface area is 134 Å². The van der Waals surface area contributed by atoms with E-state index in [9.17, 15) is 0 Å². The summed E-state index contributed by atoms with van der Waals surface area (Å²) in [7, 11) is 0. The molecule has 0 aliphatic carbocycles. The van der Waals surface area contributed by atoms with E-state index in [0.717, 1.165) is 28.3 Å². The van der Waals surface area contributed by atoms with E-state index in [1.165, 1.54) is 0 Å². The molecule has 0 amide bonds. The summed E-state index contributed by atoms with van der Waals surface area (Å²) >= 11 is 18.5. The molecule has 2 rings (SSSR count). The molecule has 0 aliphatic rings. The standard InChI is InChI=1S/C16H16Cl3N/c1-3-20-16(12-8-7-11(17)9-10(12)2)13-5-4-6-14(18)15(13)19/h4-9,16,20H,3H2,1-2H3. The minimum atomic E-state index is 0.00321. The van der Waals surface area contributed by atoms with Crippen LogP contribution in [0.25, 0.3) is 0 Å². The van der Waals surface area contributed by atoms with Gasteiger partial charge in [0, 0.05) is 5.02 Å². The molecule has 106 valence electrons. The third-order valence-electron chi connectivity index (χ3n) is 3.24. The van der Waals surface area contributed by atoms with Gasteiger partial charge in [-0.1, -0.05) is 59.9 Å². The molecule has 0 saturated carbocycles. The van der Waals surface area contributed by atoms with Crippen molar-refractivity contribution < 1.29 is 0 Å². The number of aryl methyl sites for hydroxylation is 1. The number of rotatable bonds is 4. The molecule has 4 heteroatoms. The SMILES string of the molecule is CCNC(c1ccc(Cl)cc1C)c1cccc(Cl)c1Cl. The predicted octanol–water partition coefficient (Wildman–Crippen LogP) is 5.65. The van der Waals surface area contributed by atoms with Gasteiger partial charge in [-0.05, 0) is 48.4 Å². The van der Waals surface area contributed by atoms with E-state index < -0.39 is 0 Å². The van der Waals surface area contributed by atoms with Crippen LogP contribution < -0.4 is 5.32 Å². The molecule has 1 atom stereocenters. The van der Waals surface area contributed by atoms with E-state index in [0.29, 0.717) is 10.0 Å². The lowest BCUT2D eigenvalue weighted by Crippen LogP contribution is -2.23. The van der Waals surface area contributed by atoms with Crippen molar-refractivity contribution in [3.8, 4) is 0 Å². The number of benzene rings is 2. The van der Waals surface area contributed by atoms with E-state index in [1.807, 2.05) is 37.3 Å². The van der Waals surface area contributed by atoms with E-state index in [4.69, 9.17) is 34.8 Å². The molecule has 0 heterocycles. The molecule has 1 N–H and O–H groups in total. The lowest BCUT2D eigenvalue weighted by Gasteiger charge is -2.22. The molecule has 1 unspecified atom stereocenters. The fourth-order valence-electron chi connectivity index (χ4n) is 2.30. The molecular formula is C16H16Cl3N. The normalized spacial score (nSPS) is 12.4. The first-order valence-corrected chi connectivity index (χ1v) is 7.61. The van der Waals surface area contributed by atoms with Gasteiger partial charge in [0.25, 0.3) is 0 Å². The summed E-state index contributed by atoms with van der Waals surface area (Å²) in [4.78, 5) is 0. The number of halogens is 3. The molecule has 0 spiro atoms. The number of hydrogen-bond acceptors (Lipinski definition) is 1. The van der Waals surface area contributed by atoms with Crippen LogP contribution in [0, 0.1) is 6.92 Å². The van der Waals surface area contributed by atoms with Gasteiger partial charge in [0.1, 0.15) is 0 Å². The Hall–Kier alpha value is -0.730. The summed E-state index contributed by atoms with van der Waals surface area (Å²) in [6.45, 7) is 4.94. The third-order valence-corrected chi connectivity index (χ3v) is 4.31. The zero-order chi connectivity index (χ0) is 14.7. The highest BCUT2D eigenvalue weighted by atomic mass is 35.5. The Kier molecular flexibility index (Phi) is 5.34. The maximum Gasteiger partial charge on any atom is 0.0643 e. The van der Waals surface area contributed by atoms with Crippen LogP contribution in [-0.4, -0.2) is 6.54 Å². The van der Waals surface area contributed by atoms with Crippen molar-refractivity contribution in [2.45, 2.75) is 19.9 Å². The smallest absolute Gasteiger partial charge is 0.0643 e. The molecular weight excluding hydrogens is 313 g/mol. The highest BCUT2D eigenvalue weighted by Gasteiger charge is 2.19. The van der Waals surface area contributed by atoms with Gasteiger partial charge in [0.2, 0.25) is 0 Å². The first kappa shape index (κ1) is 15.7. The highest BCUT2D eigenvalue weighted by Crippen LogP contribution is 2.34. The Morgan fingerprint density at radius 3 is 2.45 bits per heavy atom. The lowest BCUT2D eigenvalue weighted by atomic mass is 9.95. The molecule has 0 aromatic heterocycles. The summed E-state index contributed by atoms with van der Waals surface area (Å²) in [5.41, 5.74) is 3.26. The van der Waals surface area contributed by atoms with Crippen LogP contribution in [0.1, 0.15) is 29.7 Å². The zero-order valence-electron chi connectivity index (χ0n) is 11.4. The molecule has 2 aromatic carbocycles. The molecule has 0 saturated heterocycles. The Bertz CT molecular complexity index is 611. The molecule has 20 heavy (non-hydrogen) atoms. The minimum Gasteiger partial charge on any atom is -0.306 e. The first-order valence-electron chi connectivity index (χ1n) is 6.48. The van der Waals surface area contributed by atoms with Crippen molar-refractivity contribution in [1.82, 2.24) is 5.32 Å². The van der Waals surface area contributed by atoms with Crippen LogP contribution >= 0.6 is 34.8 Å². The first-order chi connectivity index (χ1) is 9.54. The quantitative estimate of drug-likeness (QED) is 0.764. The van der Waals surface area contributed by atoms with Gasteiger partial charge < -0.3 is 5.32 Å². The fourth-order valence-corrected chi connectivity index (χ4v) is 2.94. The van der Waals surface area contributed by atoms with Crippen LogP contribution in [0.15, 0.2) is 36.4 Å². The van der Waals surface area contributed by atoms with Gasteiger partial charge in [0.15, 0.2) is 0 Å². The van der Waals surface area contributed by atoms with Gasteiger partial charge in [-0.15, -0.1) is 0 Å². The lowest BCUT2D eigenvalue weighted by molar-refractivity contribution is 0.628. The Balaban J connectivity index is 2.53. The fraction of sp³-hybridized carbons (Fsp3) is 0.250. The topological polar surface area (TPSA) is 12.0 Å². The molecule has 1 nitrogen and oxygen atoms in total. The molecule has 0 radical (unpaired) electrons. The van der Waals surface area contributed by atoms with Crippen LogP contribution in [0.3, 0.4) is 0 Å². The van der Waals surface area contributed by atoms with E-state index in [2.05, 4.69) is 12.2 Å². The average molecular weight is 329 g/mol. The third kappa shape index (κ3) is 3.29. The van der Waals surface area contributed by atoms with Crippen LogP contribution in [0.4, 0.5) is 0 Å². The van der Waals surface area contributed by atoms with Gasteiger partial charge in [-0.3, -0.25) is 0 Å². The summed E-state index contributed by atoms with van der Waals surface area (Å²) in [6.07, 6.45) is 0. The Morgan fingerprint density at radius 1 is 1.05 bits per heavy atom.